The van der Waals surface area contributed by atoms with Gasteiger partial charge < -0.3 is 14.0 Å². The molecule has 288 valence electrons. The van der Waals surface area contributed by atoms with Crippen molar-refractivity contribution in [3.63, 3.8) is 0 Å². The minimum absolute atomic E-state index is 0.445. The van der Waals surface area contributed by atoms with E-state index in [1.807, 2.05) is 67.6 Å². The summed E-state index contributed by atoms with van der Waals surface area (Å²) < 4.78 is 13.0. The molecule has 0 fully saturated rings. The van der Waals surface area contributed by atoms with Gasteiger partial charge in [0.1, 0.15) is 11.5 Å². The lowest BCUT2D eigenvalue weighted by Crippen LogP contribution is -2.02. The number of esters is 2. The highest BCUT2D eigenvalue weighted by Crippen LogP contribution is 2.37. The van der Waals surface area contributed by atoms with E-state index in [0.717, 1.165) is 95.3 Å². The lowest BCUT2D eigenvalue weighted by atomic mass is 9.94. The summed E-state index contributed by atoms with van der Waals surface area (Å²) >= 11 is 0. The number of carbonyl (C=O) groups excluding carboxylic acids is 2. The molecule has 1 heterocycles. The number of hydrogen-bond acceptors (Lipinski definition) is 4. The van der Waals surface area contributed by atoms with Crippen molar-refractivity contribution in [3.8, 4) is 29.5 Å². The maximum atomic E-state index is 11.9. The Morgan fingerprint density at radius 3 is 1.40 bits per heavy atom. The molecule has 0 saturated heterocycles. The average molecular weight is 778 g/mol. The summed E-state index contributed by atoms with van der Waals surface area (Å²) in [6, 6.07) is 54.8. The Labute approximate surface area is 349 Å². The Balaban J connectivity index is 1.31. The Hall–Kier alpha value is -8.20. The molecule has 0 bridgehead atoms. The van der Waals surface area contributed by atoms with E-state index in [4.69, 9.17) is 15.9 Å². The van der Waals surface area contributed by atoms with Crippen LogP contribution in [0, 0.1) is 19.3 Å². The third kappa shape index (κ3) is 8.13. The zero-order valence-electron chi connectivity index (χ0n) is 33.0. The van der Waals surface area contributed by atoms with Crippen LogP contribution in [0.3, 0.4) is 0 Å². The number of carbonyl (C=O) groups is 2. The zero-order chi connectivity index (χ0) is 41.6. The molecular formula is C55H39NO4. The summed E-state index contributed by atoms with van der Waals surface area (Å²) in [7, 11) is 0. The molecule has 0 radical (unpaired) electrons. The maximum absolute atomic E-state index is 11.9. The fourth-order valence-electron chi connectivity index (χ4n) is 7.38. The summed E-state index contributed by atoms with van der Waals surface area (Å²) in [5.41, 5.74) is 13.0. The molecule has 0 unspecified atom stereocenters. The fraction of sp³-hybridized carbons (Fsp3) is 0.0182. The minimum atomic E-state index is -0.507. The van der Waals surface area contributed by atoms with E-state index >= 15 is 0 Å². The van der Waals surface area contributed by atoms with E-state index < -0.39 is 11.9 Å². The summed E-state index contributed by atoms with van der Waals surface area (Å²) in [6.07, 6.45) is 12.7. The van der Waals surface area contributed by atoms with Gasteiger partial charge in [-0.15, -0.1) is 6.42 Å². The Kier molecular flexibility index (Phi) is 11.0. The molecule has 0 N–H and O–H groups in total. The van der Waals surface area contributed by atoms with Gasteiger partial charge in [0.25, 0.3) is 0 Å². The smallest absolute Gasteiger partial charge is 0.335 e. The van der Waals surface area contributed by atoms with Crippen LogP contribution in [-0.4, -0.2) is 16.5 Å². The Bertz CT molecular complexity index is 2860. The van der Waals surface area contributed by atoms with Gasteiger partial charge in [0.2, 0.25) is 0 Å². The summed E-state index contributed by atoms with van der Waals surface area (Å²) in [5.74, 6) is 2.74. The third-order valence-electron chi connectivity index (χ3n) is 10.3. The second-order valence-corrected chi connectivity index (χ2v) is 14.2. The van der Waals surface area contributed by atoms with Crippen LogP contribution in [-0.2, 0) is 9.59 Å². The molecular weight excluding hydrogens is 739 g/mol. The highest BCUT2D eigenvalue weighted by atomic mass is 16.5. The van der Waals surface area contributed by atoms with Crippen molar-refractivity contribution in [3.05, 3.63) is 234 Å². The van der Waals surface area contributed by atoms with E-state index in [2.05, 4.69) is 115 Å². The average Bonchev–Trinajstić information content (AvgIpc) is 3.61. The minimum Gasteiger partial charge on any atom is -0.423 e. The molecule has 0 amide bonds. The predicted octanol–water partition coefficient (Wildman–Crippen LogP) is 12.4. The van der Waals surface area contributed by atoms with Crippen molar-refractivity contribution in [1.82, 2.24) is 4.57 Å². The molecule has 8 rings (SSSR count). The number of hydrogen-bond donors (Lipinski definition) is 0. The SMILES string of the molecule is C#Cc1cc(-n2c3ccc(C=C(c4ccccc4)c4ccc(OC(=O)C=C)cc4)cc3c3cc(C=C(c4ccccc4)c4ccc(OC(=O)C=C)cc4)ccc32)ccc1C. The summed E-state index contributed by atoms with van der Waals surface area (Å²) in [5, 5.41) is 2.15. The van der Waals surface area contributed by atoms with Crippen LogP contribution in [0.4, 0.5) is 0 Å². The fourth-order valence-corrected chi connectivity index (χ4v) is 7.38. The second kappa shape index (κ2) is 17.1. The highest BCUT2D eigenvalue weighted by molar-refractivity contribution is 6.11. The molecule has 0 aliphatic rings. The topological polar surface area (TPSA) is 57.5 Å². The lowest BCUT2D eigenvalue weighted by molar-refractivity contribution is -0.129. The molecule has 60 heavy (non-hydrogen) atoms. The van der Waals surface area contributed by atoms with Crippen LogP contribution >= 0.6 is 0 Å². The molecule has 5 heteroatoms. The Morgan fingerprint density at radius 2 is 0.983 bits per heavy atom. The van der Waals surface area contributed by atoms with Gasteiger partial charge in [0.05, 0.1) is 11.0 Å². The first kappa shape index (κ1) is 38.7. The van der Waals surface area contributed by atoms with Gasteiger partial charge in [-0.05, 0) is 130 Å². The number of ether oxygens (including phenoxy) is 2. The molecule has 0 aliphatic carbocycles. The van der Waals surface area contributed by atoms with Crippen LogP contribution < -0.4 is 9.47 Å². The van der Waals surface area contributed by atoms with Crippen molar-refractivity contribution < 1.29 is 19.1 Å². The number of fused-ring (bicyclic) bond motifs is 3. The van der Waals surface area contributed by atoms with Gasteiger partial charge in [0.15, 0.2) is 0 Å². The molecule has 1 aromatic heterocycles. The van der Waals surface area contributed by atoms with Crippen LogP contribution in [0.5, 0.6) is 11.5 Å². The first-order valence-corrected chi connectivity index (χ1v) is 19.4. The molecule has 0 atom stereocenters. The van der Waals surface area contributed by atoms with E-state index in [0.29, 0.717) is 11.5 Å². The number of rotatable bonds is 11. The van der Waals surface area contributed by atoms with Crippen LogP contribution in [0.2, 0.25) is 0 Å². The van der Waals surface area contributed by atoms with Crippen molar-refractivity contribution in [2.45, 2.75) is 6.92 Å². The first-order valence-electron chi connectivity index (χ1n) is 19.4. The molecule has 7 aromatic carbocycles. The van der Waals surface area contributed by atoms with E-state index in [9.17, 15) is 9.59 Å². The van der Waals surface area contributed by atoms with E-state index in [-0.39, 0.29) is 0 Å². The number of benzene rings is 7. The van der Waals surface area contributed by atoms with Crippen LogP contribution in [0.15, 0.2) is 189 Å². The zero-order valence-corrected chi connectivity index (χ0v) is 33.0. The molecule has 5 nitrogen and oxygen atoms in total. The number of terminal acetylenes is 1. The Morgan fingerprint density at radius 1 is 0.550 bits per heavy atom. The van der Waals surface area contributed by atoms with Gasteiger partial charge in [-0.1, -0.05) is 122 Å². The molecule has 0 aliphatic heterocycles. The first-order chi connectivity index (χ1) is 29.3. The highest BCUT2D eigenvalue weighted by Gasteiger charge is 2.16. The molecule has 8 aromatic rings. The van der Waals surface area contributed by atoms with Gasteiger partial charge in [-0.25, -0.2) is 9.59 Å². The largest absolute Gasteiger partial charge is 0.423 e. The normalized spacial score (nSPS) is 11.5. The molecule has 0 spiro atoms. The number of aryl methyl sites for hydroxylation is 1. The maximum Gasteiger partial charge on any atom is 0.335 e. The van der Waals surface area contributed by atoms with Gasteiger partial charge in [0, 0.05) is 34.2 Å². The van der Waals surface area contributed by atoms with Crippen molar-refractivity contribution in [1.29, 1.82) is 0 Å². The second-order valence-electron chi connectivity index (χ2n) is 14.2. The predicted molar refractivity (Wildman–Crippen MR) is 245 cm³/mol. The van der Waals surface area contributed by atoms with Crippen LogP contribution in [0.25, 0.3) is 50.8 Å². The molecule has 0 saturated carbocycles. The number of nitrogens with zero attached hydrogens (tertiary/aromatic N) is 1. The third-order valence-corrected chi connectivity index (χ3v) is 10.3. The lowest BCUT2D eigenvalue weighted by Gasteiger charge is -2.12. The van der Waals surface area contributed by atoms with E-state index in [1.54, 1.807) is 24.3 Å². The van der Waals surface area contributed by atoms with Crippen molar-refractivity contribution >= 4 is 57.0 Å². The summed E-state index contributed by atoms with van der Waals surface area (Å²) in [4.78, 5) is 23.7. The van der Waals surface area contributed by atoms with Gasteiger partial charge in [-0.2, -0.15) is 0 Å². The van der Waals surface area contributed by atoms with E-state index in [1.165, 1.54) is 0 Å². The van der Waals surface area contributed by atoms with Crippen molar-refractivity contribution in [2.75, 3.05) is 0 Å². The van der Waals surface area contributed by atoms with Gasteiger partial charge in [-0.3, -0.25) is 0 Å². The summed E-state index contributed by atoms with van der Waals surface area (Å²) in [6.45, 7) is 9.03. The number of aromatic nitrogens is 1. The van der Waals surface area contributed by atoms with Gasteiger partial charge >= 0.3 is 11.9 Å². The van der Waals surface area contributed by atoms with Crippen molar-refractivity contribution in [2.24, 2.45) is 0 Å². The van der Waals surface area contributed by atoms with Crippen LogP contribution in [0.1, 0.15) is 44.5 Å². The quantitative estimate of drug-likeness (QED) is 0.0431. The monoisotopic (exact) mass is 777 g/mol. The standard InChI is InChI=1S/C55H39NO4/c1-5-40-36-45(25-18-37(40)4)56-52-30-19-38(32-48(41-14-10-8-11-15-41)43-21-26-46(27-22-43)59-54(57)6-2)34-50(52)51-35-39(20-31-53(51)56)33-49(42-16-12-9-13-17-42)44-23-28-47(29-24-44)60-55(58)7-3/h1,6-36H,2-3H2,4H3.